The van der Waals surface area contributed by atoms with Crippen LogP contribution in [0.2, 0.25) is 0 Å². The molecule has 0 fully saturated rings. The number of halogens is 2. The summed E-state index contributed by atoms with van der Waals surface area (Å²) in [5.74, 6) is -0.476. The Balaban J connectivity index is 2.04. The van der Waals surface area contributed by atoms with E-state index in [1.165, 1.54) is 23.9 Å². The van der Waals surface area contributed by atoms with E-state index in [-0.39, 0.29) is 5.75 Å². The molecule has 0 unspecified atom stereocenters. The minimum atomic E-state index is -0.569. The van der Waals surface area contributed by atoms with Crippen LogP contribution in [0.15, 0.2) is 47.4 Å². The van der Waals surface area contributed by atoms with Crippen molar-refractivity contribution < 1.29 is 13.9 Å². The second kappa shape index (κ2) is 5.19. The molecule has 4 heteroatoms. The number of benzene rings is 2. The normalized spacial score (nSPS) is 10.5. The summed E-state index contributed by atoms with van der Waals surface area (Å²) < 4.78 is 26.0. The van der Waals surface area contributed by atoms with Gasteiger partial charge in [-0.25, -0.2) is 8.78 Å². The van der Waals surface area contributed by atoms with Gasteiger partial charge in [0.2, 0.25) is 0 Å². The van der Waals surface area contributed by atoms with Crippen molar-refractivity contribution in [3.8, 4) is 5.75 Å². The molecule has 0 aromatic heterocycles. The first-order valence-electron chi connectivity index (χ1n) is 5.01. The molecule has 0 saturated carbocycles. The van der Waals surface area contributed by atoms with Gasteiger partial charge in [0.05, 0.1) is 0 Å². The first-order chi connectivity index (χ1) is 8.15. The highest BCUT2D eigenvalue weighted by Gasteiger charge is 2.04. The van der Waals surface area contributed by atoms with Gasteiger partial charge in [-0.1, -0.05) is 6.07 Å². The van der Waals surface area contributed by atoms with Gasteiger partial charge in [0, 0.05) is 16.7 Å². The van der Waals surface area contributed by atoms with Crippen molar-refractivity contribution in [2.45, 2.75) is 10.6 Å². The Kier molecular flexibility index (Phi) is 3.64. The Morgan fingerprint density at radius 1 is 1.00 bits per heavy atom. The van der Waals surface area contributed by atoms with Crippen LogP contribution in [0.5, 0.6) is 5.75 Å². The van der Waals surface area contributed by atoms with Crippen LogP contribution in [-0.2, 0) is 5.75 Å². The molecule has 0 atom stereocenters. The molecule has 0 aliphatic rings. The number of hydrogen-bond donors (Lipinski definition) is 1. The third-order valence-electron chi connectivity index (χ3n) is 2.25. The van der Waals surface area contributed by atoms with Gasteiger partial charge in [0.25, 0.3) is 0 Å². The van der Waals surface area contributed by atoms with Crippen LogP contribution in [-0.4, -0.2) is 5.11 Å². The summed E-state index contributed by atoms with van der Waals surface area (Å²) in [5.41, 5.74) is 0.462. The lowest BCUT2D eigenvalue weighted by Gasteiger charge is -2.03. The highest BCUT2D eigenvalue weighted by Crippen LogP contribution is 2.25. The van der Waals surface area contributed by atoms with E-state index in [0.29, 0.717) is 11.3 Å². The Hall–Kier alpha value is -1.55. The Bertz CT molecular complexity index is 511. The minimum Gasteiger partial charge on any atom is -0.508 e. The number of thioether (sulfide) groups is 1. The number of rotatable bonds is 3. The zero-order chi connectivity index (χ0) is 12.3. The van der Waals surface area contributed by atoms with E-state index in [4.69, 9.17) is 5.11 Å². The van der Waals surface area contributed by atoms with Crippen molar-refractivity contribution in [2.75, 3.05) is 0 Å². The van der Waals surface area contributed by atoms with Crippen LogP contribution < -0.4 is 0 Å². The lowest BCUT2D eigenvalue weighted by molar-refractivity contribution is 0.475. The fourth-order valence-electron chi connectivity index (χ4n) is 1.34. The van der Waals surface area contributed by atoms with Crippen molar-refractivity contribution in [2.24, 2.45) is 0 Å². The molecule has 0 aliphatic carbocycles. The van der Waals surface area contributed by atoms with Crippen molar-refractivity contribution in [1.82, 2.24) is 0 Å². The fraction of sp³-hybridized carbons (Fsp3) is 0.0769. The van der Waals surface area contributed by atoms with E-state index in [2.05, 4.69) is 0 Å². The quantitative estimate of drug-likeness (QED) is 0.834. The van der Waals surface area contributed by atoms with E-state index in [1.807, 2.05) is 0 Å². The monoisotopic (exact) mass is 252 g/mol. The molecule has 17 heavy (non-hydrogen) atoms. The van der Waals surface area contributed by atoms with Crippen LogP contribution in [0.1, 0.15) is 5.56 Å². The lowest BCUT2D eigenvalue weighted by Crippen LogP contribution is -1.88. The molecule has 1 N–H and O–H groups in total. The highest BCUT2D eigenvalue weighted by atomic mass is 32.2. The smallest absolute Gasteiger partial charge is 0.130 e. The molecule has 0 amide bonds. The molecule has 0 saturated heterocycles. The standard InChI is InChI=1S/C13H10F2OS/c14-10-2-1-9(13(15)7-10)8-17-12-5-3-11(16)4-6-12/h1-7,16H,8H2. The third-order valence-corrected chi connectivity index (χ3v) is 3.31. The van der Waals surface area contributed by atoms with Crippen LogP contribution in [0.3, 0.4) is 0 Å². The number of phenolic OH excluding ortho intramolecular Hbond substituents is 1. The maximum absolute atomic E-state index is 13.3. The summed E-state index contributed by atoms with van der Waals surface area (Å²) >= 11 is 1.43. The van der Waals surface area contributed by atoms with Crippen molar-refractivity contribution in [3.05, 3.63) is 59.7 Å². The molecule has 0 heterocycles. The Morgan fingerprint density at radius 2 is 1.71 bits per heavy atom. The molecule has 88 valence electrons. The Labute approximate surface area is 102 Å². The summed E-state index contributed by atoms with van der Waals surface area (Å²) in [7, 11) is 0. The zero-order valence-corrected chi connectivity index (χ0v) is 9.68. The van der Waals surface area contributed by atoms with Crippen molar-refractivity contribution in [1.29, 1.82) is 0 Å². The van der Waals surface area contributed by atoms with Gasteiger partial charge >= 0.3 is 0 Å². The maximum Gasteiger partial charge on any atom is 0.130 e. The molecule has 0 radical (unpaired) electrons. The fourth-order valence-corrected chi connectivity index (χ4v) is 2.23. The minimum absolute atomic E-state index is 0.197. The van der Waals surface area contributed by atoms with Crippen LogP contribution in [0.4, 0.5) is 8.78 Å². The molecular weight excluding hydrogens is 242 g/mol. The third kappa shape index (κ3) is 3.20. The molecule has 2 rings (SSSR count). The number of aromatic hydroxyl groups is 1. The van der Waals surface area contributed by atoms with Crippen LogP contribution in [0.25, 0.3) is 0 Å². The first kappa shape index (κ1) is 11.9. The molecule has 0 aliphatic heterocycles. The largest absolute Gasteiger partial charge is 0.508 e. The summed E-state index contributed by atoms with van der Waals surface area (Å²) in [6.45, 7) is 0. The average molecular weight is 252 g/mol. The van der Waals surface area contributed by atoms with E-state index < -0.39 is 11.6 Å². The van der Waals surface area contributed by atoms with Gasteiger partial charge in [0.15, 0.2) is 0 Å². The highest BCUT2D eigenvalue weighted by molar-refractivity contribution is 7.98. The summed E-state index contributed by atoms with van der Waals surface area (Å²) in [6.07, 6.45) is 0. The van der Waals surface area contributed by atoms with Crippen LogP contribution >= 0.6 is 11.8 Å². The molecular formula is C13H10F2OS. The van der Waals surface area contributed by atoms with E-state index >= 15 is 0 Å². The predicted octanol–water partition coefficient (Wildman–Crippen LogP) is 3.96. The van der Waals surface area contributed by atoms with Crippen molar-refractivity contribution in [3.63, 3.8) is 0 Å². The van der Waals surface area contributed by atoms with E-state index in [9.17, 15) is 8.78 Å². The molecule has 2 aromatic carbocycles. The molecule has 0 spiro atoms. The molecule has 2 aromatic rings. The second-order valence-corrected chi connectivity index (χ2v) is 4.57. The topological polar surface area (TPSA) is 20.2 Å². The predicted molar refractivity (Wildman–Crippen MR) is 64.0 cm³/mol. The number of hydrogen-bond acceptors (Lipinski definition) is 2. The Morgan fingerprint density at radius 3 is 2.35 bits per heavy atom. The van der Waals surface area contributed by atoms with E-state index in [0.717, 1.165) is 11.0 Å². The zero-order valence-electron chi connectivity index (χ0n) is 8.86. The van der Waals surface area contributed by atoms with Crippen LogP contribution in [0, 0.1) is 11.6 Å². The van der Waals surface area contributed by atoms with E-state index in [1.54, 1.807) is 24.3 Å². The van der Waals surface area contributed by atoms with Gasteiger partial charge in [-0.15, -0.1) is 11.8 Å². The SMILES string of the molecule is Oc1ccc(SCc2ccc(F)cc2F)cc1. The summed E-state index contributed by atoms with van der Waals surface area (Å²) in [4.78, 5) is 0.923. The molecule has 0 bridgehead atoms. The first-order valence-corrected chi connectivity index (χ1v) is 5.99. The summed E-state index contributed by atoms with van der Waals surface area (Å²) in [6, 6.07) is 10.2. The number of phenols is 1. The van der Waals surface area contributed by atoms with Gasteiger partial charge in [0.1, 0.15) is 17.4 Å². The van der Waals surface area contributed by atoms with Gasteiger partial charge < -0.3 is 5.11 Å². The maximum atomic E-state index is 13.3. The van der Waals surface area contributed by atoms with Gasteiger partial charge in [-0.05, 0) is 35.9 Å². The molecule has 1 nitrogen and oxygen atoms in total. The average Bonchev–Trinajstić information content (AvgIpc) is 2.30. The van der Waals surface area contributed by atoms with Gasteiger partial charge in [-0.2, -0.15) is 0 Å². The summed E-state index contributed by atoms with van der Waals surface area (Å²) in [5, 5.41) is 9.11. The van der Waals surface area contributed by atoms with Gasteiger partial charge in [-0.3, -0.25) is 0 Å². The lowest BCUT2D eigenvalue weighted by atomic mass is 10.2. The second-order valence-electron chi connectivity index (χ2n) is 3.52. The van der Waals surface area contributed by atoms with Crippen molar-refractivity contribution >= 4 is 11.8 Å².